The van der Waals surface area contributed by atoms with E-state index in [0.717, 1.165) is 5.56 Å². The summed E-state index contributed by atoms with van der Waals surface area (Å²) in [6.07, 6.45) is -1.22. The van der Waals surface area contributed by atoms with Crippen LogP contribution in [0.4, 0.5) is 4.79 Å². The Bertz CT molecular complexity index is 638. The molecule has 27 heavy (non-hydrogen) atoms. The Morgan fingerprint density at radius 1 is 1.04 bits per heavy atom. The summed E-state index contributed by atoms with van der Waals surface area (Å²) in [5.41, 5.74) is 1.98. The third kappa shape index (κ3) is 3.83. The molecule has 0 spiro atoms. The fourth-order valence-electron chi connectivity index (χ4n) is 4.58. The maximum Gasteiger partial charge on any atom is 0.417 e. The SMILES string of the molecule is CCOC(=O)N1C(=O)[C@H](O[Si](C(C)C)(C(C)C)C(C)C)[C@@H]1c1ccccc1. The van der Waals surface area contributed by atoms with Crippen LogP contribution in [0.2, 0.25) is 16.6 Å². The van der Waals surface area contributed by atoms with Gasteiger partial charge in [-0.1, -0.05) is 71.9 Å². The predicted octanol–water partition coefficient (Wildman–Crippen LogP) is 5.29. The number of imide groups is 1. The quantitative estimate of drug-likeness (QED) is 0.468. The topological polar surface area (TPSA) is 55.8 Å². The minimum Gasteiger partial charge on any atom is -0.449 e. The second-order valence-corrected chi connectivity index (χ2v) is 13.5. The minimum atomic E-state index is -2.26. The number of hydrogen-bond acceptors (Lipinski definition) is 4. The van der Waals surface area contributed by atoms with E-state index in [2.05, 4.69) is 41.5 Å². The second kappa shape index (κ2) is 8.57. The highest BCUT2D eigenvalue weighted by Gasteiger charge is 2.58. The molecule has 2 rings (SSSR count). The maximum absolute atomic E-state index is 12.9. The Balaban J connectivity index is 2.42. The van der Waals surface area contributed by atoms with Crippen LogP contribution < -0.4 is 0 Å². The number of hydrogen-bond donors (Lipinski definition) is 0. The summed E-state index contributed by atoms with van der Waals surface area (Å²) in [5, 5.41) is 0. The Hall–Kier alpha value is -1.66. The molecule has 0 saturated carbocycles. The second-order valence-electron chi connectivity index (χ2n) is 8.12. The van der Waals surface area contributed by atoms with Crippen molar-refractivity contribution in [2.45, 2.75) is 77.2 Å². The van der Waals surface area contributed by atoms with E-state index in [1.807, 2.05) is 30.3 Å². The Labute approximate surface area is 164 Å². The molecule has 0 N–H and O–H groups in total. The number of ether oxygens (including phenoxy) is 1. The predicted molar refractivity (Wildman–Crippen MR) is 109 cm³/mol. The molecule has 0 aromatic heterocycles. The molecule has 0 radical (unpaired) electrons. The summed E-state index contributed by atoms with van der Waals surface area (Å²) in [6, 6.07) is 9.18. The number of amides is 2. The summed E-state index contributed by atoms with van der Waals surface area (Å²) in [5.74, 6) is -0.291. The van der Waals surface area contributed by atoms with Gasteiger partial charge in [0, 0.05) is 0 Å². The van der Waals surface area contributed by atoms with Crippen molar-refractivity contribution < 1.29 is 18.8 Å². The van der Waals surface area contributed by atoms with E-state index in [0.29, 0.717) is 16.6 Å². The minimum absolute atomic E-state index is 0.234. The number of likely N-dealkylation sites (tertiary alicyclic amines) is 1. The fourth-order valence-corrected chi connectivity index (χ4v) is 10.1. The van der Waals surface area contributed by atoms with Crippen molar-refractivity contribution in [3.05, 3.63) is 35.9 Å². The summed E-state index contributed by atoms with van der Waals surface area (Å²) in [4.78, 5) is 26.5. The summed E-state index contributed by atoms with van der Waals surface area (Å²) >= 11 is 0. The monoisotopic (exact) mass is 391 g/mol. The summed E-state index contributed by atoms with van der Waals surface area (Å²) in [7, 11) is -2.26. The fraction of sp³-hybridized carbons (Fsp3) is 0.619. The molecule has 5 nitrogen and oxygen atoms in total. The van der Waals surface area contributed by atoms with Gasteiger partial charge in [-0.15, -0.1) is 0 Å². The molecule has 1 aliphatic rings. The molecule has 1 aromatic carbocycles. The zero-order chi connectivity index (χ0) is 20.4. The van der Waals surface area contributed by atoms with E-state index in [9.17, 15) is 9.59 Å². The maximum atomic E-state index is 12.9. The standard InChI is InChI=1S/C21H33NO4Si/c1-8-25-21(24)22-18(17-12-10-9-11-13-17)19(20(22)23)26-27(14(2)3,15(4)5)16(6)7/h9-16,18-19H,8H2,1-7H3/t18-,19+/m0/s1. The lowest BCUT2D eigenvalue weighted by Crippen LogP contribution is -2.66. The third-order valence-corrected chi connectivity index (χ3v) is 11.8. The zero-order valence-electron chi connectivity index (χ0n) is 17.6. The Kier molecular flexibility index (Phi) is 6.86. The van der Waals surface area contributed by atoms with E-state index >= 15 is 0 Å². The molecule has 2 amide bonds. The Morgan fingerprint density at radius 3 is 2.00 bits per heavy atom. The van der Waals surface area contributed by atoms with Crippen molar-refractivity contribution >= 4 is 20.3 Å². The first-order valence-corrected chi connectivity index (χ1v) is 12.0. The van der Waals surface area contributed by atoms with Gasteiger partial charge in [0.05, 0.1) is 6.61 Å². The number of β-lactam (4-membered cyclic amide) rings is 1. The molecule has 2 atom stereocenters. The van der Waals surface area contributed by atoms with Crippen molar-refractivity contribution in [2.24, 2.45) is 0 Å². The largest absolute Gasteiger partial charge is 0.449 e. The molecular formula is C21H33NO4Si. The highest BCUT2D eigenvalue weighted by atomic mass is 28.4. The van der Waals surface area contributed by atoms with Crippen molar-refractivity contribution in [3.8, 4) is 0 Å². The van der Waals surface area contributed by atoms with Gasteiger partial charge in [0.1, 0.15) is 6.04 Å². The van der Waals surface area contributed by atoms with E-state index in [-0.39, 0.29) is 12.5 Å². The lowest BCUT2D eigenvalue weighted by Gasteiger charge is -2.51. The molecule has 0 unspecified atom stereocenters. The Morgan fingerprint density at radius 2 is 1.56 bits per heavy atom. The van der Waals surface area contributed by atoms with Crippen LogP contribution in [0.15, 0.2) is 30.3 Å². The number of rotatable bonds is 7. The van der Waals surface area contributed by atoms with E-state index in [1.54, 1.807) is 6.92 Å². The molecule has 1 heterocycles. The molecule has 1 saturated heterocycles. The molecule has 6 heteroatoms. The van der Waals surface area contributed by atoms with Gasteiger partial charge in [0.15, 0.2) is 6.10 Å². The smallest absolute Gasteiger partial charge is 0.417 e. The molecule has 1 aromatic rings. The van der Waals surface area contributed by atoms with Gasteiger partial charge in [-0.25, -0.2) is 9.69 Å². The van der Waals surface area contributed by atoms with E-state index in [1.165, 1.54) is 4.90 Å². The first kappa shape index (κ1) is 21.6. The van der Waals surface area contributed by atoms with Crippen LogP contribution in [0.3, 0.4) is 0 Å². The van der Waals surface area contributed by atoms with Crippen LogP contribution in [0.25, 0.3) is 0 Å². The molecule has 1 aliphatic heterocycles. The van der Waals surface area contributed by atoms with Gasteiger partial charge >= 0.3 is 6.09 Å². The van der Waals surface area contributed by atoms with Crippen molar-refractivity contribution in [3.63, 3.8) is 0 Å². The number of benzene rings is 1. The van der Waals surface area contributed by atoms with Gasteiger partial charge in [-0.2, -0.15) is 0 Å². The van der Waals surface area contributed by atoms with Gasteiger partial charge < -0.3 is 9.16 Å². The molecular weight excluding hydrogens is 358 g/mol. The normalized spacial score (nSPS) is 20.4. The third-order valence-electron chi connectivity index (χ3n) is 5.69. The van der Waals surface area contributed by atoms with Gasteiger partial charge in [-0.3, -0.25) is 4.79 Å². The van der Waals surface area contributed by atoms with Crippen LogP contribution in [-0.4, -0.2) is 37.9 Å². The highest BCUT2D eigenvalue weighted by molar-refractivity contribution is 6.77. The summed E-state index contributed by atoms with van der Waals surface area (Å²) in [6.45, 7) is 15.1. The van der Waals surface area contributed by atoms with Crippen molar-refractivity contribution in [1.29, 1.82) is 0 Å². The first-order chi connectivity index (χ1) is 12.7. The lowest BCUT2D eigenvalue weighted by atomic mass is 9.91. The lowest BCUT2D eigenvalue weighted by molar-refractivity contribution is -0.161. The van der Waals surface area contributed by atoms with Crippen LogP contribution in [0.1, 0.15) is 60.1 Å². The van der Waals surface area contributed by atoms with Crippen LogP contribution >= 0.6 is 0 Å². The van der Waals surface area contributed by atoms with Crippen molar-refractivity contribution in [2.75, 3.05) is 6.61 Å². The first-order valence-electron chi connectivity index (χ1n) is 9.90. The zero-order valence-corrected chi connectivity index (χ0v) is 18.6. The van der Waals surface area contributed by atoms with Gasteiger partial charge in [0.25, 0.3) is 5.91 Å². The number of carbonyl (C=O) groups excluding carboxylic acids is 2. The molecule has 1 fully saturated rings. The van der Waals surface area contributed by atoms with E-state index < -0.39 is 26.6 Å². The number of carbonyl (C=O) groups is 2. The van der Waals surface area contributed by atoms with Gasteiger partial charge in [0.2, 0.25) is 8.32 Å². The number of nitrogens with zero attached hydrogens (tertiary/aromatic N) is 1. The summed E-state index contributed by atoms with van der Waals surface area (Å²) < 4.78 is 11.8. The molecule has 150 valence electrons. The average molecular weight is 392 g/mol. The van der Waals surface area contributed by atoms with Crippen LogP contribution in [-0.2, 0) is 14.0 Å². The highest BCUT2D eigenvalue weighted by Crippen LogP contribution is 2.47. The van der Waals surface area contributed by atoms with Crippen molar-refractivity contribution in [1.82, 2.24) is 4.90 Å². The van der Waals surface area contributed by atoms with Crippen LogP contribution in [0.5, 0.6) is 0 Å². The van der Waals surface area contributed by atoms with E-state index in [4.69, 9.17) is 9.16 Å². The molecule has 0 aliphatic carbocycles. The van der Waals surface area contributed by atoms with Gasteiger partial charge in [-0.05, 0) is 29.1 Å². The molecule has 0 bridgehead atoms. The average Bonchev–Trinajstić information content (AvgIpc) is 2.59. The van der Waals surface area contributed by atoms with Crippen LogP contribution in [0, 0.1) is 0 Å².